The molecule has 2 saturated heterocycles. The molecular weight excluding hydrogens is 407 g/mol. The molecule has 0 spiro atoms. The first-order valence-corrected chi connectivity index (χ1v) is 11.3. The molecule has 9 heteroatoms. The van der Waals surface area contributed by atoms with Gasteiger partial charge in [-0.05, 0) is 50.2 Å². The lowest BCUT2D eigenvalue weighted by molar-refractivity contribution is 0.237. The van der Waals surface area contributed by atoms with Crippen LogP contribution in [-0.4, -0.2) is 74.7 Å². The first kappa shape index (κ1) is 21.0. The molecule has 0 aliphatic carbocycles. The molecule has 1 atom stereocenters. The van der Waals surface area contributed by atoms with Crippen LogP contribution in [0.4, 0.5) is 10.3 Å². The topological polar surface area (TPSA) is 77.1 Å². The van der Waals surface area contributed by atoms with Crippen LogP contribution in [0.25, 0.3) is 0 Å². The van der Waals surface area contributed by atoms with E-state index in [4.69, 9.17) is 9.97 Å². The van der Waals surface area contributed by atoms with Gasteiger partial charge >= 0.3 is 0 Å². The molecule has 2 aliphatic heterocycles. The molecule has 2 aromatic heterocycles. The van der Waals surface area contributed by atoms with E-state index in [1.54, 1.807) is 12.1 Å². The zero-order valence-corrected chi connectivity index (χ0v) is 18.4. The minimum absolute atomic E-state index is 0.176. The second-order valence-corrected chi connectivity index (χ2v) is 8.71. The Morgan fingerprint density at radius 2 is 1.84 bits per heavy atom. The van der Waals surface area contributed by atoms with Crippen LogP contribution >= 0.6 is 0 Å². The largest absolute Gasteiger partial charge is 0.338 e. The Hall–Kier alpha value is -2.91. The van der Waals surface area contributed by atoms with E-state index in [2.05, 4.69) is 36.9 Å². The van der Waals surface area contributed by atoms with Gasteiger partial charge in [0.15, 0.2) is 5.82 Å². The number of likely N-dealkylation sites (tertiary alicyclic amines) is 1. The third-order valence-corrected chi connectivity index (χ3v) is 6.35. The summed E-state index contributed by atoms with van der Waals surface area (Å²) in [4.78, 5) is 21.1. The van der Waals surface area contributed by atoms with Crippen LogP contribution in [0.3, 0.4) is 0 Å². The van der Waals surface area contributed by atoms with E-state index in [0.29, 0.717) is 6.42 Å². The summed E-state index contributed by atoms with van der Waals surface area (Å²) < 4.78 is 13.1. The summed E-state index contributed by atoms with van der Waals surface area (Å²) >= 11 is 0. The SMILES string of the molecule is CN1CCN(c2nccc(CN3CCC[C@H]3c3n[nH]c(Cc4ccc(F)cc4)n3)n2)CC1. The molecular formula is C23H29FN8. The Bertz CT molecular complexity index is 1030. The van der Waals surface area contributed by atoms with Gasteiger partial charge in [0.05, 0.1) is 11.7 Å². The minimum atomic E-state index is -0.228. The molecule has 4 heterocycles. The monoisotopic (exact) mass is 436 g/mol. The van der Waals surface area contributed by atoms with Gasteiger partial charge in [-0.25, -0.2) is 19.3 Å². The molecule has 5 rings (SSSR count). The number of anilines is 1. The number of halogens is 1. The average Bonchev–Trinajstić information content (AvgIpc) is 3.45. The highest BCUT2D eigenvalue weighted by Crippen LogP contribution is 2.31. The number of aromatic amines is 1. The van der Waals surface area contributed by atoms with Crippen LogP contribution in [0.15, 0.2) is 36.5 Å². The van der Waals surface area contributed by atoms with Gasteiger partial charge in [0.25, 0.3) is 0 Å². The van der Waals surface area contributed by atoms with Crippen LogP contribution < -0.4 is 4.90 Å². The molecule has 168 valence electrons. The maximum absolute atomic E-state index is 13.1. The van der Waals surface area contributed by atoms with E-state index in [0.717, 1.165) is 81.0 Å². The Morgan fingerprint density at radius 3 is 2.66 bits per heavy atom. The summed E-state index contributed by atoms with van der Waals surface area (Å²) in [5.41, 5.74) is 2.04. The highest BCUT2D eigenvalue weighted by molar-refractivity contribution is 5.31. The molecule has 0 bridgehead atoms. The highest BCUT2D eigenvalue weighted by Gasteiger charge is 2.30. The Balaban J connectivity index is 1.25. The van der Waals surface area contributed by atoms with Crippen molar-refractivity contribution in [2.24, 2.45) is 0 Å². The predicted molar refractivity (Wildman–Crippen MR) is 120 cm³/mol. The van der Waals surface area contributed by atoms with Gasteiger partial charge in [-0.1, -0.05) is 12.1 Å². The summed E-state index contributed by atoms with van der Waals surface area (Å²) in [5.74, 6) is 2.23. The number of H-pyrrole nitrogens is 1. The summed E-state index contributed by atoms with van der Waals surface area (Å²) in [6, 6.07) is 8.70. The maximum atomic E-state index is 13.1. The van der Waals surface area contributed by atoms with Crippen molar-refractivity contribution in [1.82, 2.24) is 34.9 Å². The third-order valence-electron chi connectivity index (χ3n) is 6.35. The van der Waals surface area contributed by atoms with Crippen LogP contribution in [0.2, 0.25) is 0 Å². The Labute approximate surface area is 187 Å². The van der Waals surface area contributed by atoms with Crippen molar-refractivity contribution in [3.8, 4) is 0 Å². The lowest BCUT2D eigenvalue weighted by Crippen LogP contribution is -2.45. The van der Waals surface area contributed by atoms with Gasteiger partial charge < -0.3 is 9.80 Å². The zero-order valence-electron chi connectivity index (χ0n) is 18.4. The van der Waals surface area contributed by atoms with Crippen molar-refractivity contribution in [1.29, 1.82) is 0 Å². The zero-order chi connectivity index (χ0) is 21.9. The number of nitrogens with zero attached hydrogens (tertiary/aromatic N) is 7. The molecule has 1 aromatic carbocycles. The number of benzene rings is 1. The normalized spacial score (nSPS) is 20.2. The molecule has 0 amide bonds. The lowest BCUT2D eigenvalue weighted by atomic mass is 10.1. The van der Waals surface area contributed by atoms with Crippen molar-refractivity contribution in [2.75, 3.05) is 44.7 Å². The van der Waals surface area contributed by atoms with E-state index in [-0.39, 0.29) is 11.9 Å². The number of rotatable bonds is 6. The van der Waals surface area contributed by atoms with Crippen LogP contribution in [-0.2, 0) is 13.0 Å². The minimum Gasteiger partial charge on any atom is -0.338 e. The fourth-order valence-corrected chi connectivity index (χ4v) is 4.48. The standard InChI is InChI=1S/C23H29FN8/c1-30-11-13-31(14-12-30)23-25-9-8-19(26-23)16-32-10-2-3-20(32)22-27-21(28-29-22)15-17-4-6-18(24)7-5-17/h4-9,20H,2-3,10-16H2,1H3,(H,27,28,29)/t20-/m0/s1. The molecule has 0 radical (unpaired) electrons. The van der Waals surface area contributed by atoms with Crippen LogP contribution in [0, 0.1) is 5.82 Å². The van der Waals surface area contributed by atoms with Gasteiger partial charge in [-0.3, -0.25) is 10.00 Å². The van der Waals surface area contributed by atoms with E-state index in [9.17, 15) is 4.39 Å². The van der Waals surface area contributed by atoms with Crippen molar-refractivity contribution in [3.63, 3.8) is 0 Å². The second kappa shape index (κ2) is 9.30. The summed E-state index contributed by atoms with van der Waals surface area (Å²) in [7, 11) is 2.15. The number of hydrogen-bond acceptors (Lipinski definition) is 7. The lowest BCUT2D eigenvalue weighted by Gasteiger charge is -2.32. The molecule has 3 aromatic rings. The molecule has 8 nitrogen and oxygen atoms in total. The molecule has 2 fully saturated rings. The number of piperazine rings is 1. The molecule has 0 saturated carbocycles. The van der Waals surface area contributed by atoms with E-state index in [1.165, 1.54) is 12.1 Å². The summed E-state index contributed by atoms with van der Waals surface area (Å²) in [6.07, 6.45) is 4.63. The number of hydrogen-bond donors (Lipinski definition) is 1. The quantitative estimate of drug-likeness (QED) is 0.636. The maximum Gasteiger partial charge on any atom is 0.225 e. The predicted octanol–water partition coefficient (Wildman–Crippen LogP) is 2.41. The number of aromatic nitrogens is 5. The van der Waals surface area contributed by atoms with Crippen LogP contribution in [0.5, 0.6) is 0 Å². The number of nitrogens with one attached hydrogen (secondary N) is 1. The molecule has 1 N–H and O–H groups in total. The molecule has 2 aliphatic rings. The summed E-state index contributed by atoms with van der Waals surface area (Å²) in [5, 5.41) is 7.57. The van der Waals surface area contributed by atoms with E-state index >= 15 is 0 Å². The highest BCUT2D eigenvalue weighted by atomic mass is 19.1. The van der Waals surface area contributed by atoms with Gasteiger partial charge in [0, 0.05) is 45.3 Å². The third kappa shape index (κ3) is 4.78. The molecule has 0 unspecified atom stereocenters. The van der Waals surface area contributed by atoms with Crippen molar-refractivity contribution < 1.29 is 4.39 Å². The Kier molecular flexibility index (Phi) is 6.09. The summed E-state index contributed by atoms with van der Waals surface area (Å²) in [6.45, 7) is 5.75. The fraction of sp³-hybridized carbons (Fsp3) is 0.478. The first-order valence-electron chi connectivity index (χ1n) is 11.3. The van der Waals surface area contributed by atoms with Gasteiger partial charge in [0.1, 0.15) is 11.6 Å². The second-order valence-electron chi connectivity index (χ2n) is 8.71. The number of likely N-dealkylation sites (N-methyl/N-ethyl adjacent to an activating group) is 1. The van der Waals surface area contributed by atoms with Crippen molar-refractivity contribution >= 4 is 5.95 Å². The van der Waals surface area contributed by atoms with Crippen molar-refractivity contribution in [2.45, 2.75) is 31.8 Å². The smallest absolute Gasteiger partial charge is 0.225 e. The van der Waals surface area contributed by atoms with Crippen molar-refractivity contribution in [3.05, 3.63) is 65.3 Å². The van der Waals surface area contributed by atoms with Crippen LogP contribution in [0.1, 0.15) is 41.8 Å². The fourth-order valence-electron chi connectivity index (χ4n) is 4.48. The van der Waals surface area contributed by atoms with Gasteiger partial charge in [-0.15, -0.1) is 0 Å². The Morgan fingerprint density at radius 1 is 1.03 bits per heavy atom. The van der Waals surface area contributed by atoms with E-state index in [1.807, 2.05) is 12.3 Å². The van der Waals surface area contributed by atoms with E-state index < -0.39 is 0 Å². The molecule has 32 heavy (non-hydrogen) atoms. The first-order chi connectivity index (χ1) is 15.6. The van der Waals surface area contributed by atoms with Gasteiger partial charge in [-0.2, -0.15) is 5.10 Å². The average molecular weight is 437 g/mol. The van der Waals surface area contributed by atoms with Gasteiger partial charge in [0.2, 0.25) is 5.95 Å².